The number of ether oxygens (including phenoxy) is 5. The molecule has 126 valence electrons. The molecule has 0 saturated carbocycles. The zero-order chi connectivity index (χ0) is 17.0. The molecule has 7 nitrogen and oxygen atoms in total. The van der Waals surface area contributed by atoms with Gasteiger partial charge in [-0.15, -0.1) is 10.2 Å². The minimum Gasteiger partial charge on any atom is -0.493 e. The van der Waals surface area contributed by atoms with Crippen LogP contribution in [0.5, 0.6) is 28.7 Å². The lowest BCUT2D eigenvalue weighted by molar-refractivity contribution is 0.174. The van der Waals surface area contributed by atoms with Crippen LogP contribution in [0, 0.1) is 0 Å². The van der Waals surface area contributed by atoms with E-state index in [1.807, 2.05) is 24.3 Å². The van der Waals surface area contributed by atoms with Gasteiger partial charge >= 0.3 is 0 Å². The third-order valence-electron chi connectivity index (χ3n) is 4.47. The van der Waals surface area contributed by atoms with Gasteiger partial charge in [0.05, 0.1) is 19.7 Å². The molecular formula is C18H14N2O5. The third kappa shape index (κ3) is 1.98. The van der Waals surface area contributed by atoms with Gasteiger partial charge in [0.1, 0.15) is 18.1 Å². The van der Waals surface area contributed by atoms with E-state index in [1.165, 1.54) is 0 Å². The summed E-state index contributed by atoms with van der Waals surface area (Å²) in [5, 5.41) is 9.72. The SMILES string of the molecule is COc1cc2c(cc1OC)-c1nnc3cc4c(cc3c1CO2)OCO4. The Morgan fingerprint density at radius 3 is 2.40 bits per heavy atom. The van der Waals surface area contributed by atoms with Crippen molar-refractivity contribution in [1.29, 1.82) is 0 Å². The standard InChI is InChI=1S/C18H14N2O5/c1-21-14-4-10-13(6-15(14)22-2)23-7-11-9-3-16-17(25-8-24-16)5-12(9)19-20-18(10)11/h3-6H,7-8H2,1-2H3. The Labute approximate surface area is 143 Å². The lowest BCUT2D eigenvalue weighted by Gasteiger charge is -2.22. The van der Waals surface area contributed by atoms with E-state index in [0.717, 1.165) is 27.7 Å². The van der Waals surface area contributed by atoms with E-state index >= 15 is 0 Å². The Balaban J connectivity index is 1.75. The van der Waals surface area contributed by atoms with Gasteiger partial charge in [0, 0.05) is 28.6 Å². The molecule has 1 aromatic heterocycles. The van der Waals surface area contributed by atoms with Crippen molar-refractivity contribution in [2.75, 3.05) is 21.0 Å². The van der Waals surface area contributed by atoms with Crippen molar-refractivity contribution in [3.63, 3.8) is 0 Å². The predicted octanol–water partition coefficient (Wildman–Crippen LogP) is 2.94. The highest BCUT2D eigenvalue weighted by molar-refractivity contribution is 5.91. The van der Waals surface area contributed by atoms with Crippen LogP contribution in [-0.4, -0.2) is 31.2 Å². The summed E-state index contributed by atoms with van der Waals surface area (Å²) in [6.07, 6.45) is 0. The number of rotatable bonds is 2. The fourth-order valence-corrected chi connectivity index (χ4v) is 3.22. The van der Waals surface area contributed by atoms with Gasteiger partial charge in [0.2, 0.25) is 6.79 Å². The maximum Gasteiger partial charge on any atom is 0.231 e. The highest BCUT2D eigenvalue weighted by Gasteiger charge is 2.26. The summed E-state index contributed by atoms with van der Waals surface area (Å²) in [5.74, 6) is 3.32. The minimum atomic E-state index is 0.220. The van der Waals surface area contributed by atoms with Gasteiger partial charge < -0.3 is 23.7 Å². The first-order valence-electron chi connectivity index (χ1n) is 7.76. The number of fused-ring (bicyclic) bond motifs is 6. The van der Waals surface area contributed by atoms with Crippen LogP contribution < -0.4 is 23.7 Å². The van der Waals surface area contributed by atoms with Crippen molar-refractivity contribution in [3.8, 4) is 40.0 Å². The van der Waals surface area contributed by atoms with Crippen molar-refractivity contribution < 1.29 is 23.7 Å². The lowest BCUT2D eigenvalue weighted by Crippen LogP contribution is -2.09. The van der Waals surface area contributed by atoms with Gasteiger partial charge in [-0.2, -0.15) is 0 Å². The topological polar surface area (TPSA) is 71.9 Å². The van der Waals surface area contributed by atoms with Crippen LogP contribution in [-0.2, 0) is 6.61 Å². The van der Waals surface area contributed by atoms with Gasteiger partial charge in [0.15, 0.2) is 23.0 Å². The van der Waals surface area contributed by atoms with Gasteiger partial charge in [-0.3, -0.25) is 0 Å². The average molecular weight is 338 g/mol. The molecule has 0 N–H and O–H groups in total. The summed E-state index contributed by atoms with van der Waals surface area (Å²) in [4.78, 5) is 0. The first kappa shape index (κ1) is 14.2. The molecule has 0 amide bonds. The van der Waals surface area contributed by atoms with Crippen molar-refractivity contribution in [2.24, 2.45) is 0 Å². The van der Waals surface area contributed by atoms with E-state index in [9.17, 15) is 0 Å². The molecule has 5 rings (SSSR count). The molecule has 0 spiro atoms. The Kier molecular flexibility index (Phi) is 2.91. The fraction of sp³-hybridized carbons (Fsp3) is 0.222. The monoisotopic (exact) mass is 338 g/mol. The van der Waals surface area contributed by atoms with Crippen molar-refractivity contribution >= 4 is 10.9 Å². The number of hydrogen-bond acceptors (Lipinski definition) is 7. The van der Waals surface area contributed by atoms with Crippen LogP contribution in [0.15, 0.2) is 24.3 Å². The van der Waals surface area contributed by atoms with Crippen LogP contribution in [0.3, 0.4) is 0 Å². The van der Waals surface area contributed by atoms with Gasteiger partial charge in [-0.05, 0) is 12.1 Å². The van der Waals surface area contributed by atoms with E-state index < -0.39 is 0 Å². The molecule has 2 aliphatic heterocycles. The summed E-state index contributed by atoms with van der Waals surface area (Å²) in [7, 11) is 3.19. The highest BCUT2D eigenvalue weighted by atomic mass is 16.7. The van der Waals surface area contributed by atoms with E-state index in [4.69, 9.17) is 23.7 Å². The van der Waals surface area contributed by atoms with Gasteiger partial charge in [-0.1, -0.05) is 0 Å². The zero-order valence-corrected chi connectivity index (χ0v) is 13.7. The van der Waals surface area contributed by atoms with Crippen LogP contribution in [0.25, 0.3) is 22.2 Å². The van der Waals surface area contributed by atoms with Crippen LogP contribution in [0.1, 0.15) is 5.56 Å². The van der Waals surface area contributed by atoms with Crippen LogP contribution in [0.2, 0.25) is 0 Å². The number of hydrogen-bond donors (Lipinski definition) is 0. The summed E-state index contributed by atoms with van der Waals surface area (Å²) < 4.78 is 27.6. The van der Waals surface area contributed by atoms with Crippen LogP contribution in [0.4, 0.5) is 0 Å². The number of aromatic nitrogens is 2. The van der Waals surface area contributed by atoms with Gasteiger partial charge in [-0.25, -0.2) is 0 Å². The maximum absolute atomic E-state index is 5.94. The van der Waals surface area contributed by atoms with Crippen molar-refractivity contribution in [2.45, 2.75) is 6.61 Å². The fourth-order valence-electron chi connectivity index (χ4n) is 3.22. The van der Waals surface area contributed by atoms with Crippen molar-refractivity contribution in [3.05, 3.63) is 29.8 Å². The molecule has 0 saturated heterocycles. The van der Waals surface area contributed by atoms with E-state index in [0.29, 0.717) is 35.4 Å². The molecule has 2 aromatic carbocycles. The summed E-state index contributed by atoms with van der Waals surface area (Å²) >= 11 is 0. The van der Waals surface area contributed by atoms with Gasteiger partial charge in [0.25, 0.3) is 0 Å². The number of nitrogens with zero attached hydrogens (tertiary/aromatic N) is 2. The molecular weight excluding hydrogens is 324 g/mol. The third-order valence-corrected chi connectivity index (χ3v) is 4.47. The minimum absolute atomic E-state index is 0.220. The Morgan fingerprint density at radius 1 is 0.840 bits per heavy atom. The molecule has 25 heavy (non-hydrogen) atoms. The highest BCUT2D eigenvalue weighted by Crippen LogP contribution is 2.45. The average Bonchev–Trinajstić information content (AvgIpc) is 3.11. The first-order chi connectivity index (χ1) is 12.3. The second kappa shape index (κ2) is 5.14. The largest absolute Gasteiger partial charge is 0.493 e. The Hall–Kier alpha value is -3.22. The second-order valence-corrected chi connectivity index (χ2v) is 5.74. The molecule has 0 bridgehead atoms. The molecule has 7 heteroatoms. The van der Waals surface area contributed by atoms with Crippen molar-refractivity contribution in [1.82, 2.24) is 10.2 Å². The number of benzene rings is 2. The van der Waals surface area contributed by atoms with E-state index in [2.05, 4.69) is 10.2 Å². The lowest BCUT2D eigenvalue weighted by atomic mass is 9.99. The van der Waals surface area contributed by atoms with E-state index in [1.54, 1.807) is 14.2 Å². The molecule has 2 aliphatic rings. The first-order valence-corrected chi connectivity index (χ1v) is 7.76. The Bertz CT molecular complexity index is 1020. The quantitative estimate of drug-likeness (QED) is 0.711. The second-order valence-electron chi connectivity index (χ2n) is 5.74. The summed E-state index contributed by atoms with van der Waals surface area (Å²) in [6.45, 7) is 0.612. The normalized spacial score (nSPS) is 13.8. The molecule has 0 unspecified atom stereocenters. The molecule has 3 aromatic rings. The zero-order valence-electron chi connectivity index (χ0n) is 13.7. The summed E-state index contributed by atoms with van der Waals surface area (Å²) in [6, 6.07) is 7.44. The van der Waals surface area contributed by atoms with Crippen LogP contribution >= 0.6 is 0 Å². The molecule has 0 aliphatic carbocycles. The molecule has 0 radical (unpaired) electrons. The molecule has 3 heterocycles. The smallest absolute Gasteiger partial charge is 0.231 e. The van der Waals surface area contributed by atoms with E-state index in [-0.39, 0.29) is 6.79 Å². The molecule has 0 atom stereocenters. The Morgan fingerprint density at radius 2 is 1.60 bits per heavy atom. The summed E-state index contributed by atoms with van der Waals surface area (Å²) in [5.41, 5.74) is 3.30. The molecule has 0 fully saturated rings. The predicted molar refractivity (Wildman–Crippen MR) is 88.5 cm³/mol. The number of methoxy groups -OCH3 is 2. The maximum atomic E-state index is 5.94.